The molecule has 0 unspecified atom stereocenters. The van der Waals surface area contributed by atoms with Gasteiger partial charge in [-0.05, 0) is 86.2 Å². The third kappa shape index (κ3) is 9.26. The molecule has 1 aliphatic heterocycles. The molecule has 6 rings (SSSR count). The number of halogens is 4. The van der Waals surface area contributed by atoms with Crippen LogP contribution in [0.3, 0.4) is 0 Å². The van der Waals surface area contributed by atoms with Crippen LogP contribution in [0.1, 0.15) is 53.7 Å². The fraction of sp³-hybridized carbons (Fsp3) is 0.333. The Labute approximate surface area is 302 Å². The molecule has 0 bridgehead atoms. The van der Waals surface area contributed by atoms with Crippen molar-refractivity contribution in [2.75, 3.05) is 30.3 Å². The van der Waals surface area contributed by atoms with Gasteiger partial charge in [-0.1, -0.05) is 48.0 Å². The lowest BCUT2D eigenvalue weighted by atomic mass is 10.00. The van der Waals surface area contributed by atoms with Crippen LogP contribution in [-0.4, -0.2) is 69.0 Å². The van der Waals surface area contributed by atoms with Crippen LogP contribution < -0.4 is 26.0 Å². The Bertz CT molecular complexity index is 1950. The van der Waals surface area contributed by atoms with Gasteiger partial charge >= 0.3 is 24.0 Å². The Morgan fingerprint density at radius 3 is 2.25 bits per heavy atom. The minimum absolute atomic E-state index is 0.00999. The van der Waals surface area contributed by atoms with Gasteiger partial charge in [0.1, 0.15) is 0 Å². The average molecular weight is 737 g/mol. The highest BCUT2D eigenvalue weighted by Gasteiger charge is 2.45. The highest BCUT2D eigenvalue weighted by atomic mass is 35.5. The first-order valence-electron chi connectivity index (χ1n) is 16.5. The average Bonchev–Trinajstić information content (AvgIpc) is 3.89. The Hall–Kier alpha value is -5.44. The van der Waals surface area contributed by atoms with E-state index in [2.05, 4.69) is 36.2 Å². The zero-order valence-corrected chi connectivity index (χ0v) is 29.1. The topological polar surface area (TPSA) is 150 Å². The molecule has 2 heterocycles. The third-order valence-electron chi connectivity index (χ3n) is 8.64. The van der Waals surface area contributed by atoms with E-state index in [1.54, 1.807) is 38.1 Å². The number of amides is 3. The van der Waals surface area contributed by atoms with E-state index in [-0.39, 0.29) is 18.4 Å². The summed E-state index contributed by atoms with van der Waals surface area (Å²) in [5.41, 5.74) is 2.35. The Morgan fingerprint density at radius 2 is 1.58 bits per heavy atom. The normalized spacial score (nSPS) is 14.8. The lowest BCUT2D eigenvalue weighted by molar-refractivity contribution is -0.154. The van der Waals surface area contributed by atoms with Crippen LogP contribution in [0.4, 0.5) is 30.8 Å². The lowest BCUT2D eigenvalue weighted by Crippen LogP contribution is -2.55. The Morgan fingerprint density at radius 1 is 0.904 bits per heavy atom. The van der Waals surface area contributed by atoms with Crippen LogP contribution >= 0.6 is 11.6 Å². The summed E-state index contributed by atoms with van der Waals surface area (Å²) in [4.78, 5) is 52.7. The maximum absolute atomic E-state index is 13.0. The zero-order chi connectivity index (χ0) is 37.1. The van der Waals surface area contributed by atoms with Crippen LogP contribution in [0.15, 0.2) is 72.8 Å². The van der Waals surface area contributed by atoms with E-state index in [1.165, 1.54) is 17.0 Å². The molecule has 272 valence electrons. The molecule has 4 N–H and O–H groups in total. The van der Waals surface area contributed by atoms with E-state index in [9.17, 15) is 27.6 Å². The van der Waals surface area contributed by atoms with Gasteiger partial charge in [-0.25, -0.2) is 0 Å². The zero-order valence-electron chi connectivity index (χ0n) is 28.3. The predicted molar refractivity (Wildman–Crippen MR) is 187 cm³/mol. The molecule has 2 aliphatic rings. The molecule has 1 saturated carbocycles. The number of hydrogen-bond acceptors (Lipinski definition) is 9. The summed E-state index contributed by atoms with van der Waals surface area (Å²) in [5.74, 6) is -1.89. The van der Waals surface area contributed by atoms with Gasteiger partial charge in [0.25, 0.3) is 5.91 Å². The second-order valence-corrected chi connectivity index (χ2v) is 13.8. The number of fused-ring (bicyclic) bond motifs is 1. The molecular weight excluding hydrogens is 701 g/mol. The summed E-state index contributed by atoms with van der Waals surface area (Å²) in [6, 6.07) is 20.7. The highest BCUT2D eigenvalue weighted by Crippen LogP contribution is 2.48. The minimum Gasteiger partial charge on any atom is -0.454 e. The van der Waals surface area contributed by atoms with Crippen molar-refractivity contribution in [3.63, 3.8) is 0 Å². The Balaban J connectivity index is 1.06. The molecule has 1 fully saturated rings. The molecule has 1 aromatic heterocycles. The molecule has 3 amide bonds. The van der Waals surface area contributed by atoms with Gasteiger partial charge in [-0.2, -0.15) is 28.1 Å². The lowest BCUT2D eigenvalue weighted by Gasteiger charge is -2.31. The summed E-state index contributed by atoms with van der Waals surface area (Å²) in [5, 5.41) is 12.2. The Kier molecular flexibility index (Phi) is 10.2. The monoisotopic (exact) mass is 736 g/mol. The molecule has 3 aromatic carbocycles. The molecule has 52 heavy (non-hydrogen) atoms. The number of anilines is 3. The molecule has 0 spiro atoms. The summed E-state index contributed by atoms with van der Waals surface area (Å²) < 4.78 is 43.7. The van der Waals surface area contributed by atoms with Gasteiger partial charge in [0.15, 0.2) is 6.61 Å². The highest BCUT2D eigenvalue weighted by molar-refractivity contribution is 6.35. The number of alkyl halides is 3. The van der Waals surface area contributed by atoms with Crippen molar-refractivity contribution in [3.05, 3.63) is 100 Å². The maximum Gasteiger partial charge on any atom is 0.422 e. The van der Waals surface area contributed by atoms with Gasteiger partial charge in [-0.3, -0.25) is 14.4 Å². The fourth-order valence-corrected chi connectivity index (χ4v) is 5.85. The molecule has 16 heteroatoms. The number of carbonyl (C=O) groups excluding carboxylic acids is 3. The summed E-state index contributed by atoms with van der Waals surface area (Å²) >= 11 is 6.04. The van der Waals surface area contributed by atoms with Crippen molar-refractivity contribution < 1.29 is 32.3 Å². The smallest absolute Gasteiger partial charge is 0.422 e. The first kappa shape index (κ1) is 36.4. The summed E-state index contributed by atoms with van der Waals surface area (Å²) in [6.45, 7) is 2.63. The fourth-order valence-electron chi connectivity index (χ4n) is 5.73. The largest absolute Gasteiger partial charge is 0.454 e. The quantitative estimate of drug-likeness (QED) is 0.146. The van der Waals surface area contributed by atoms with E-state index in [4.69, 9.17) is 16.3 Å². The SMILES string of the molecule is CC(C)(CNC(=O)c1ccc(Nc2nc(NC3(c4ccc(Cl)cc4)CC3)nc(OCC(F)(F)F)n2)cc1)NC(=O)C(=O)N1CCc2ccccc2C1. The van der Waals surface area contributed by atoms with Crippen molar-refractivity contribution in [2.45, 2.75) is 56.9 Å². The first-order chi connectivity index (χ1) is 24.7. The number of carbonyl (C=O) groups is 3. The second-order valence-electron chi connectivity index (χ2n) is 13.4. The number of hydrogen-bond donors (Lipinski definition) is 4. The van der Waals surface area contributed by atoms with Crippen molar-refractivity contribution >= 4 is 46.9 Å². The van der Waals surface area contributed by atoms with Crippen LogP contribution in [0.2, 0.25) is 5.02 Å². The predicted octanol–water partition coefficient (Wildman–Crippen LogP) is 5.52. The van der Waals surface area contributed by atoms with Crippen LogP contribution in [0, 0.1) is 0 Å². The molecule has 0 saturated heterocycles. The van der Waals surface area contributed by atoms with E-state index >= 15 is 0 Å². The number of nitrogens with one attached hydrogen (secondary N) is 4. The molecular formula is C36H36ClF3N8O4. The van der Waals surface area contributed by atoms with Gasteiger partial charge < -0.3 is 30.9 Å². The van der Waals surface area contributed by atoms with Gasteiger partial charge in [0.05, 0.1) is 11.1 Å². The number of ether oxygens (including phenoxy) is 1. The van der Waals surface area contributed by atoms with Crippen molar-refractivity contribution in [3.8, 4) is 6.01 Å². The standard InChI is InChI=1S/C36H36ClF3N8O4/c1-34(2,46-29(50)30(51)48-18-15-22-5-3-4-6-24(22)19-48)20-41-28(49)23-7-13-27(14-8-23)42-31-43-32(45-33(44-31)52-21-36(38,39)40)47-35(16-17-35)25-9-11-26(37)12-10-25/h3-14H,15-21H2,1-2H3,(H,41,49)(H,46,50)(H2,42,43,44,45,47). The maximum atomic E-state index is 13.0. The van der Waals surface area contributed by atoms with Gasteiger partial charge in [0, 0.05) is 35.9 Å². The van der Waals surface area contributed by atoms with Crippen molar-refractivity contribution in [2.24, 2.45) is 0 Å². The van der Waals surface area contributed by atoms with Crippen LogP contribution in [0.5, 0.6) is 6.01 Å². The first-order valence-corrected chi connectivity index (χ1v) is 16.9. The number of aromatic nitrogens is 3. The van der Waals surface area contributed by atoms with Crippen LogP contribution in [-0.2, 0) is 28.1 Å². The summed E-state index contributed by atoms with van der Waals surface area (Å²) in [6.07, 6.45) is -2.47. The van der Waals surface area contributed by atoms with Gasteiger partial charge in [-0.15, -0.1) is 0 Å². The van der Waals surface area contributed by atoms with Crippen molar-refractivity contribution in [1.82, 2.24) is 30.5 Å². The summed E-state index contributed by atoms with van der Waals surface area (Å²) in [7, 11) is 0. The second kappa shape index (κ2) is 14.7. The molecule has 4 aromatic rings. The third-order valence-corrected chi connectivity index (χ3v) is 8.89. The van der Waals surface area contributed by atoms with E-state index in [0.717, 1.165) is 29.5 Å². The number of rotatable bonds is 11. The molecule has 12 nitrogen and oxygen atoms in total. The number of nitrogens with zero attached hydrogens (tertiary/aromatic N) is 4. The van der Waals surface area contributed by atoms with E-state index < -0.39 is 47.6 Å². The molecule has 1 aliphatic carbocycles. The van der Waals surface area contributed by atoms with Crippen molar-refractivity contribution in [1.29, 1.82) is 0 Å². The van der Waals surface area contributed by atoms with E-state index in [1.807, 2.05) is 36.4 Å². The minimum atomic E-state index is -4.61. The molecule has 0 radical (unpaired) electrons. The van der Waals surface area contributed by atoms with Crippen LogP contribution in [0.25, 0.3) is 0 Å². The number of benzene rings is 3. The van der Waals surface area contributed by atoms with E-state index in [0.29, 0.717) is 35.8 Å². The molecule has 0 atom stereocenters. The van der Waals surface area contributed by atoms with Gasteiger partial charge in [0.2, 0.25) is 11.9 Å².